The lowest BCUT2D eigenvalue weighted by atomic mass is 9.95. The third-order valence-corrected chi connectivity index (χ3v) is 5.48. The number of hydrogen-bond donors (Lipinski definition) is 0. The molecule has 1 aromatic heterocycles. The highest BCUT2D eigenvalue weighted by Gasteiger charge is 2.37. The molecule has 0 aromatic carbocycles. The number of rotatable bonds is 6. The molecule has 1 saturated carbocycles. The number of hydrogen-bond acceptors (Lipinski definition) is 3. The van der Waals surface area contributed by atoms with Crippen LogP contribution in [0.4, 0.5) is 4.79 Å². The van der Waals surface area contributed by atoms with Crippen LogP contribution in [0.15, 0.2) is 24.4 Å². The molecule has 3 amide bonds. The van der Waals surface area contributed by atoms with Gasteiger partial charge in [0.1, 0.15) is 0 Å². The molecule has 2 aliphatic rings. The first-order chi connectivity index (χ1) is 12.6. The van der Waals surface area contributed by atoms with Crippen molar-refractivity contribution >= 4 is 11.9 Å². The summed E-state index contributed by atoms with van der Waals surface area (Å²) in [4.78, 5) is 35.7. The molecular formula is C20H30N4O2. The third kappa shape index (κ3) is 4.34. The molecule has 0 N–H and O–H groups in total. The zero-order chi connectivity index (χ0) is 18.5. The topological polar surface area (TPSA) is 56.8 Å². The molecule has 142 valence electrons. The van der Waals surface area contributed by atoms with E-state index in [0.717, 1.165) is 44.5 Å². The zero-order valence-electron chi connectivity index (χ0n) is 15.9. The maximum atomic E-state index is 13.1. The fourth-order valence-corrected chi connectivity index (χ4v) is 3.69. The SMILES string of the molecule is CCN(CC)C(=O)N1CCC(C(=O)N(Cc2ccccn2)C2CC2)CC1. The number of likely N-dealkylation sites (tertiary alicyclic amines) is 1. The Hall–Kier alpha value is -2.11. The fraction of sp³-hybridized carbons (Fsp3) is 0.650. The summed E-state index contributed by atoms with van der Waals surface area (Å²) in [5.41, 5.74) is 0.946. The molecule has 3 rings (SSSR count). The number of pyridine rings is 1. The minimum atomic E-state index is 0.0278. The Kier molecular flexibility index (Phi) is 6.12. The van der Waals surface area contributed by atoms with Gasteiger partial charge in [0.25, 0.3) is 0 Å². The van der Waals surface area contributed by atoms with Gasteiger partial charge in [-0.15, -0.1) is 0 Å². The Bertz CT molecular complexity index is 605. The van der Waals surface area contributed by atoms with E-state index < -0.39 is 0 Å². The van der Waals surface area contributed by atoms with Crippen molar-refractivity contribution in [2.75, 3.05) is 26.2 Å². The highest BCUT2D eigenvalue weighted by atomic mass is 16.2. The van der Waals surface area contributed by atoms with Crippen molar-refractivity contribution < 1.29 is 9.59 Å². The first kappa shape index (κ1) is 18.7. The van der Waals surface area contributed by atoms with Crippen LogP contribution in [0.3, 0.4) is 0 Å². The minimum Gasteiger partial charge on any atom is -0.334 e. The molecule has 0 bridgehead atoms. The van der Waals surface area contributed by atoms with Gasteiger partial charge in [-0.1, -0.05) is 6.07 Å². The van der Waals surface area contributed by atoms with Crippen molar-refractivity contribution in [3.05, 3.63) is 30.1 Å². The predicted octanol–water partition coefficient (Wildman–Crippen LogP) is 2.75. The van der Waals surface area contributed by atoms with E-state index in [4.69, 9.17) is 0 Å². The summed E-state index contributed by atoms with van der Waals surface area (Å²) in [5.74, 6) is 0.271. The molecule has 0 unspecified atom stereocenters. The molecule has 6 nitrogen and oxygen atoms in total. The van der Waals surface area contributed by atoms with Gasteiger partial charge in [0, 0.05) is 44.3 Å². The maximum absolute atomic E-state index is 13.1. The smallest absolute Gasteiger partial charge is 0.319 e. The summed E-state index contributed by atoms with van der Waals surface area (Å²) in [6.07, 6.45) is 5.49. The fourth-order valence-electron chi connectivity index (χ4n) is 3.69. The minimum absolute atomic E-state index is 0.0278. The van der Waals surface area contributed by atoms with Crippen molar-refractivity contribution in [2.24, 2.45) is 5.92 Å². The van der Waals surface area contributed by atoms with Gasteiger partial charge >= 0.3 is 6.03 Å². The van der Waals surface area contributed by atoms with Crippen LogP contribution in [0.1, 0.15) is 45.2 Å². The van der Waals surface area contributed by atoms with E-state index >= 15 is 0 Å². The molecule has 1 saturated heterocycles. The number of carbonyl (C=O) groups is 2. The Morgan fingerprint density at radius 2 is 1.81 bits per heavy atom. The number of piperidine rings is 1. The standard InChI is InChI=1S/C20H30N4O2/c1-3-22(4-2)20(26)23-13-10-16(11-14-23)19(25)24(18-8-9-18)15-17-7-5-6-12-21-17/h5-7,12,16,18H,3-4,8-11,13-15H2,1-2H3. The zero-order valence-corrected chi connectivity index (χ0v) is 15.9. The second kappa shape index (κ2) is 8.52. The molecular weight excluding hydrogens is 328 g/mol. The van der Waals surface area contributed by atoms with Crippen LogP contribution in [0.5, 0.6) is 0 Å². The predicted molar refractivity (Wildman–Crippen MR) is 100 cm³/mol. The molecule has 0 atom stereocenters. The van der Waals surface area contributed by atoms with Crippen LogP contribution in [0, 0.1) is 5.92 Å². The Balaban J connectivity index is 1.57. The molecule has 2 fully saturated rings. The van der Waals surface area contributed by atoms with Crippen molar-refractivity contribution in [3.63, 3.8) is 0 Å². The van der Waals surface area contributed by atoms with Gasteiger partial charge < -0.3 is 14.7 Å². The van der Waals surface area contributed by atoms with E-state index in [9.17, 15) is 9.59 Å². The average molecular weight is 358 g/mol. The number of aromatic nitrogens is 1. The highest BCUT2D eigenvalue weighted by molar-refractivity contribution is 5.80. The summed E-state index contributed by atoms with van der Waals surface area (Å²) < 4.78 is 0. The van der Waals surface area contributed by atoms with E-state index in [-0.39, 0.29) is 17.9 Å². The van der Waals surface area contributed by atoms with Gasteiger partial charge in [-0.3, -0.25) is 9.78 Å². The summed E-state index contributed by atoms with van der Waals surface area (Å²) in [6.45, 7) is 7.41. The first-order valence-corrected chi connectivity index (χ1v) is 9.88. The summed E-state index contributed by atoms with van der Waals surface area (Å²) in [7, 11) is 0. The Labute approximate surface area is 156 Å². The highest BCUT2D eigenvalue weighted by Crippen LogP contribution is 2.31. The quantitative estimate of drug-likeness (QED) is 0.786. The Morgan fingerprint density at radius 3 is 2.35 bits per heavy atom. The lowest BCUT2D eigenvalue weighted by molar-refractivity contribution is -0.138. The van der Waals surface area contributed by atoms with Crippen LogP contribution < -0.4 is 0 Å². The van der Waals surface area contributed by atoms with Gasteiger partial charge in [-0.25, -0.2) is 4.79 Å². The van der Waals surface area contributed by atoms with E-state index in [1.165, 1.54) is 0 Å². The van der Waals surface area contributed by atoms with Gasteiger partial charge in [-0.2, -0.15) is 0 Å². The summed E-state index contributed by atoms with van der Waals surface area (Å²) in [6, 6.07) is 6.33. The molecule has 0 radical (unpaired) electrons. The largest absolute Gasteiger partial charge is 0.334 e. The number of urea groups is 1. The van der Waals surface area contributed by atoms with E-state index in [1.54, 1.807) is 6.20 Å². The summed E-state index contributed by atoms with van der Waals surface area (Å²) >= 11 is 0. The van der Waals surface area contributed by atoms with E-state index in [2.05, 4.69) is 4.98 Å². The van der Waals surface area contributed by atoms with Crippen molar-refractivity contribution in [2.45, 2.75) is 52.1 Å². The van der Waals surface area contributed by atoms with Crippen LogP contribution in [-0.4, -0.2) is 63.8 Å². The third-order valence-electron chi connectivity index (χ3n) is 5.48. The molecule has 0 spiro atoms. The monoisotopic (exact) mass is 358 g/mol. The average Bonchev–Trinajstić information content (AvgIpc) is 3.52. The van der Waals surface area contributed by atoms with Crippen molar-refractivity contribution in [1.29, 1.82) is 0 Å². The molecule has 6 heteroatoms. The first-order valence-electron chi connectivity index (χ1n) is 9.88. The second-order valence-corrected chi connectivity index (χ2v) is 7.23. The molecule has 26 heavy (non-hydrogen) atoms. The lowest BCUT2D eigenvalue weighted by Gasteiger charge is -2.36. The molecule has 1 aliphatic carbocycles. The molecule has 1 aliphatic heterocycles. The van der Waals surface area contributed by atoms with Crippen molar-refractivity contribution in [3.8, 4) is 0 Å². The molecule has 2 heterocycles. The van der Waals surface area contributed by atoms with Gasteiger partial charge in [0.15, 0.2) is 0 Å². The van der Waals surface area contributed by atoms with E-state index in [0.29, 0.717) is 25.7 Å². The van der Waals surface area contributed by atoms with Gasteiger partial charge in [-0.05, 0) is 51.7 Å². The Morgan fingerprint density at radius 1 is 1.12 bits per heavy atom. The summed E-state index contributed by atoms with van der Waals surface area (Å²) in [5, 5.41) is 0. The maximum Gasteiger partial charge on any atom is 0.319 e. The molecule has 1 aromatic rings. The van der Waals surface area contributed by atoms with Gasteiger partial charge in [0.2, 0.25) is 5.91 Å². The number of carbonyl (C=O) groups excluding carboxylic acids is 2. The van der Waals surface area contributed by atoms with Crippen LogP contribution in [0.2, 0.25) is 0 Å². The van der Waals surface area contributed by atoms with Crippen LogP contribution >= 0.6 is 0 Å². The second-order valence-electron chi connectivity index (χ2n) is 7.23. The van der Waals surface area contributed by atoms with Crippen LogP contribution in [0.25, 0.3) is 0 Å². The lowest BCUT2D eigenvalue weighted by Crippen LogP contribution is -2.49. The van der Waals surface area contributed by atoms with Gasteiger partial charge in [0.05, 0.1) is 12.2 Å². The normalized spacial score (nSPS) is 17.8. The number of amides is 3. The van der Waals surface area contributed by atoms with Crippen LogP contribution in [-0.2, 0) is 11.3 Å². The van der Waals surface area contributed by atoms with Crippen molar-refractivity contribution in [1.82, 2.24) is 19.7 Å². The number of nitrogens with zero attached hydrogens (tertiary/aromatic N) is 4. The van der Waals surface area contributed by atoms with E-state index in [1.807, 2.05) is 46.7 Å².